The first-order chi connectivity index (χ1) is 5.31. The van der Waals surface area contributed by atoms with Crippen LogP contribution in [-0.4, -0.2) is 11.2 Å². The smallest absolute Gasteiger partial charge is 0.0545 e. The SMILES string of the molecule is O[C@H]1CCCC2(CCCC2)C1. The van der Waals surface area contributed by atoms with E-state index in [1.807, 2.05) is 0 Å². The summed E-state index contributed by atoms with van der Waals surface area (Å²) in [4.78, 5) is 0. The van der Waals surface area contributed by atoms with Crippen molar-refractivity contribution in [1.82, 2.24) is 0 Å². The monoisotopic (exact) mass is 154 g/mol. The molecule has 11 heavy (non-hydrogen) atoms. The molecule has 2 rings (SSSR count). The fourth-order valence-corrected chi connectivity index (χ4v) is 3.00. The maximum Gasteiger partial charge on any atom is 0.0545 e. The Morgan fingerprint density at radius 1 is 1.00 bits per heavy atom. The van der Waals surface area contributed by atoms with E-state index in [2.05, 4.69) is 0 Å². The molecule has 0 aromatic heterocycles. The number of hydrogen-bond acceptors (Lipinski definition) is 1. The number of aliphatic hydroxyl groups is 1. The topological polar surface area (TPSA) is 20.2 Å². The van der Waals surface area contributed by atoms with Crippen molar-refractivity contribution in [3.8, 4) is 0 Å². The molecule has 1 nitrogen and oxygen atoms in total. The molecule has 1 spiro atoms. The summed E-state index contributed by atoms with van der Waals surface area (Å²) >= 11 is 0. The van der Waals surface area contributed by atoms with Gasteiger partial charge in [-0.15, -0.1) is 0 Å². The van der Waals surface area contributed by atoms with Crippen LogP contribution >= 0.6 is 0 Å². The molecule has 1 atom stereocenters. The van der Waals surface area contributed by atoms with E-state index in [0.29, 0.717) is 5.41 Å². The van der Waals surface area contributed by atoms with Gasteiger partial charge in [-0.2, -0.15) is 0 Å². The third kappa shape index (κ3) is 1.44. The highest BCUT2D eigenvalue weighted by molar-refractivity contribution is 4.89. The van der Waals surface area contributed by atoms with E-state index in [9.17, 15) is 5.11 Å². The summed E-state index contributed by atoms with van der Waals surface area (Å²) in [6.07, 6.45) is 10.5. The molecule has 0 unspecified atom stereocenters. The largest absolute Gasteiger partial charge is 0.393 e. The van der Waals surface area contributed by atoms with Gasteiger partial charge >= 0.3 is 0 Å². The van der Waals surface area contributed by atoms with Gasteiger partial charge in [0, 0.05) is 0 Å². The zero-order chi connectivity index (χ0) is 7.73. The van der Waals surface area contributed by atoms with Crippen molar-refractivity contribution in [3.05, 3.63) is 0 Å². The van der Waals surface area contributed by atoms with Gasteiger partial charge in [0.05, 0.1) is 6.10 Å². The lowest BCUT2D eigenvalue weighted by Crippen LogP contribution is -2.28. The van der Waals surface area contributed by atoms with E-state index in [0.717, 1.165) is 12.8 Å². The standard InChI is InChI=1S/C10H18O/c11-9-4-3-7-10(8-9)5-1-2-6-10/h9,11H,1-8H2/t9-/m0/s1. The fourth-order valence-electron chi connectivity index (χ4n) is 3.00. The molecule has 1 heteroatoms. The minimum atomic E-state index is 0.0295. The predicted octanol–water partition coefficient (Wildman–Crippen LogP) is 2.48. The zero-order valence-corrected chi connectivity index (χ0v) is 7.18. The second-order valence-corrected chi connectivity index (χ2v) is 4.46. The van der Waals surface area contributed by atoms with Crippen LogP contribution in [0.25, 0.3) is 0 Å². The highest BCUT2D eigenvalue weighted by Gasteiger charge is 2.37. The Bertz CT molecular complexity index is 136. The van der Waals surface area contributed by atoms with E-state index in [4.69, 9.17) is 0 Å². The van der Waals surface area contributed by atoms with E-state index in [-0.39, 0.29) is 6.10 Å². The molecule has 0 amide bonds. The second kappa shape index (κ2) is 2.78. The van der Waals surface area contributed by atoms with Crippen molar-refractivity contribution in [2.24, 2.45) is 5.41 Å². The van der Waals surface area contributed by atoms with Gasteiger partial charge in [0.1, 0.15) is 0 Å². The number of aliphatic hydroxyl groups excluding tert-OH is 1. The number of rotatable bonds is 0. The van der Waals surface area contributed by atoms with Crippen molar-refractivity contribution in [1.29, 1.82) is 0 Å². The lowest BCUT2D eigenvalue weighted by Gasteiger charge is -2.35. The van der Waals surface area contributed by atoms with Crippen LogP contribution in [0.5, 0.6) is 0 Å². The Morgan fingerprint density at radius 2 is 1.64 bits per heavy atom. The third-order valence-electron chi connectivity index (χ3n) is 3.58. The first kappa shape index (κ1) is 7.60. The molecule has 1 N–H and O–H groups in total. The zero-order valence-electron chi connectivity index (χ0n) is 7.18. The molecule has 0 heterocycles. The summed E-state index contributed by atoms with van der Waals surface area (Å²) in [7, 11) is 0. The van der Waals surface area contributed by atoms with E-state index >= 15 is 0 Å². The van der Waals surface area contributed by atoms with Gasteiger partial charge in [-0.05, 0) is 37.5 Å². The van der Waals surface area contributed by atoms with Gasteiger partial charge < -0.3 is 5.11 Å². The molecule has 64 valence electrons. The van der Waals surface area contributed by atoms with Crippen LogP contribution in [0, 0.1) is 5.41 Å². The second-order valence-electron chi connectivity index (χ2n) is 4.46. The minimum Gasteiger partial charge on any atom is -0.393 e. The normalized spacial score (nSPS) is 36.3. The van der Waals surface area contributed by atoms with Gasteiger partial charge in [-0.1, -0.05) is 19.3 Å². The summed E-state index contributed by atoms with van der Waals surface area (Å²) in [5.41, 5.74) is 0.595. The van der Waals surface area contributed by atoms with Crippen LogP contribution in [-0.2, 0) is 0 Å². The lowest BCUT2D eigenvalue weighted by molar-refractivity contribution is 0.0502. The van der Waals surface area contributed by atoms with Crippen molar-refractivity contribution in [3.63, 3.8) is 0 Å². The van der Waals surface area contributed by atoms with E-state index in [1.165, 1.54) is 38.5 Å². The average Bonchev–Trinajstić information content (AvgIpc) is 2.37. The van der Waals surface area contributed by atoms with Crippen LogP contribution in [0.1, 0.15) is 51.4 Å². The molecule has 2 saturated carbocycles. The van der Waals surface area contributed by atoms with Gasteiger partial charge in [0.2, 0.25) is 0 Å². The maximum absolute atomic E-state index is 9.53. The number of hydrogen-bond donors (Lipinski definition) is 1. The van der Waals surface area contributed by atoms with Gasteiger partial charge in [-0.25, -0.2) is 0 Å². The minimum absolute atomic E-state index is 0.0295. The molecule has 0 bridgehead atoms. The molecule has 0 saturated heterocycles. The molecular weight excluding hydrogens is 136 g/mol. The van der Waals surface area contributed by atoms with Gasteiger partial charge in [0.15, 0.2) is 0 Å². The van der Waals surface area contributed by atoms with Crippen LogP contribution < -0.4 is 0 Å². The summed E-state index contributed by atoms with van der Waals surface area (Å²) in [6.45, 7) is 0. The third-order valence-corrected chi connectivity index (χ3v) is 3.58. The first-order valence-corrected chi connectivity index (χ1v) is 4.99. The van der Waals surface area contributed by atoms with Crippen LogP contribution in [0.3, 0.4) is 0 Å². The predicted molar refractivity (Wildman–Crippen MR) is 45.4 cm³/mol. The quantitative estimate of drug-likeness (QED) is 0.568. The van der Waals surface area contributed by atoms with Crippen molar-refractivity contribution in [2.45, 2.75) is 57.5 Å². The van der Waals surface area contributed by atoms with E-state index in [1.54, 1.807) is 0 Å². The molecule has 2 aliphatic rings. The van der Waals surface area contributed by atoms with Crippen molar-refractivity contribution >= 4 is 0 Å². The summed E-state index contributed by atoms with van der Waals surface area (Å²) in [5.74, 6) is 0. The van der Waals surface area contributed by atoms with Crippen LogP contribution in [0.4, 0.5) is 0 Å². The average molecular weight is 154 g/mol. The van der Waals surface area contributed by atoms with Crippen molar-refractivity contribution in [2.75, 3.05) is 0 Å². The Balaban J connectivity index is 2.00. The lowest BCUT2D eigenvalue weighted by atomic mass is 9.72. The fraction of sp³-hybridized carbons (Fsp3) is 1.00. The van der Waals surface area contributed by atoms with E-state index < -0.39 is 0 Å². The van der Waals surface area contributed by atoms with Crippen molar-refractivity contribution < 1.29 is 5.11 Å². The summed E-state index contributed by atoms with van der Waals surface area (Å²) in [5, 5.41) is 9.53. The molecule has 2 fully saturated rings. The van der Waals surface area contributed by atoms with Crippen LogP contribution in [0.2, 0.25) is 0 Å². The molecule has 0 aromatic rings. The molecule has 2 aliphatic carbocycles. The first-order valence-electron chi connectivity index (χ1n) is 4.99. The highest BCUT2D eigenvalue weighted by atomic mass is 16.3. The summed E-state index contributed by atoms with van der Waals surface area (Å²) < 4.78 is 0. The Morgan fingerprint density at radius 3 is 2.27 bits per heavy atom. The molecular formula is C10H18O. The Hall–Kier alpha value is -0.0400. The Kier molecular flexibility index (Phi) is 1.92. The highest BCUT2D eigenvalue weighted by Crippen LogP contribution is 2.48. The molecule has 0 radical (unpaired) electrons. The van der Waals surface area contributed by atoms with Crippen LogP contribution in [0.15, 0.2) is 0 Å². The van der Waals surface area contributed by atoms with Gasteiger partial charge in [0.25, 0.3) is 0 Å². The molecule has 0 aromatic carbocycles. The van der Waals surface area contributed by atoms with Gasteiger partial charge in [-0.3, -0.25) is 0 Å². The Labute approximate surface area is 68.8 Å². The maximum atomic E-state index is 9.53. The molecule has 0 aliphatic heterocycles. The summed E-state index contributed by atoms with van der Waals surface area (Å²) in [6, 6.07) is 0.